The fourth-order valence-corrected chi connectivity index (χ4v) is 2.29. The molecular weight excluding hydrogens is 236 g/mol. The van der Waals surface area contributed by atoms with Crippen LogP contribution in [0.1, 0.15) is 12.0 Å². The number of nitrogens with two attached hydrogens (primary N) is 1. The maximum atomic E-state index is 13.1. The lowest BCUT2D eigenvalue weighted by Crippen LogP contribution is -2.47. The molecule has 0 amide bonds. The Labute approximate surface area is 97.0 Å². The highest BCUT2D eigenvalue weighted by Crippen LogP contribution is 2.49. The van der Waals surface area contributed by atoms with E-state index in [0.29, 0.717) is 6.42 Å². The quantitative estimate of drug-likeness (QED) is 0.860. The summed E-state index contributed by atoms with van der Waals surface area (Å²) < 4.78 is 26.2. The summed E-state index contributed by atoms with van der Waals surface area (Å²) in [5.41, 5.74) is 4.12. The van der Waals surface area contributed by atoms with Crippen molar-refractivity contribution < 1.29 is 13.9 Å². The molecule has 0 bridgehead atoms. The molecule has 0 heterocycles. The topological polar surface area (TPSA) is 46.2 Å². The molecule has 0 aromatic heterocycles. The third kappa shape index (κ3) is 1.71. The van der Waals surface area contributed by atoms with Crippen LogP contribution in [0.15, 0.2) is 24.3 Å². The molecule has 1 aromatic carbocycles. The number of rotatable bonds is 3. The highest BCUT2D eigenvalue weighted by Gasteiger charge is 2.56. The van der Waals surface area contributed by atoms with Crippen LogP contribution in [0.25, 0.3) is 0 Å². The number of aliphatic hydroxyl groups is 1. The second kappa shape index (κ2) is 3.95. The minimum atomic E-state index is -2.76. The van der Waals surface area contributed by atoms with Crippen LogP contribution in [0.3, 0.4) is 0 Å². The molecule has 0 aliphatic heterocycles. The molecule has 5 heteroatoms. The molecule has 0 unspecified atom stereocenters. The van der Waals surface area contributed by atoms with Gasteiger partial charge in [-0.3, -0.25) is 0 Å². The summed E-state index contributed by atoms with van der Waals surface area (Å²) in [5, 5.41) is 9.52. The van der Waals surface area contributed by atoms with Crippen LogP contribution in [-0.4, -0.2) is 17.6 Å². The molecule has 2 rings (SSSR count). The van der Waals surface area contributed by atoms with Crippen LogP contribution in [0.4, 0.5) is 8.78 Å². The smallest absolute Gasteiger partial charge is 0.260 e. The molecule has 3 N–H and O–H groups in total. The molecule has 16 heavy (non-hydrogen) atoms. The Kier molecular flexibility index (Phi) is 2.90. The number of alkyl halides is 2. The standard InChI is InChI=1S/C11H12ClF2NO/c12-8-4-2-1-3-6(8)11(15,10(13)14)7-5-9(7)16/h1-4,7,9-10,16H,5,15H2/t7-,9+,11-/m0/s1. The van der Waals surface area contributed by atoms with E-state index in [1.54, 1.807) is 12.1 Å². The summed E-state index contributed by atoms with van der Waals surface area (Å²) in [6.07, 6.45) is -3.21. The van der Waals surface area contributed by atoms with Crippen LogP contribution < -0.4 is 5.73 Å². The summed E-state index contributed by atoms with van der Waals surface area (Å²) in [4.78, 5) is 0. The highest BCUT2D eigenvalue weighted by molar-refractivity contribution is 6.31. The van der Waals surface area contributed by atoms with E-state index < -0.39 is 24.0 Å². The first-order valence-corrected chi connectivity index (χ1v) is 5.35. The van der Waals surface area contributed by atoms with Crippen molar-refractivity contribution in [1.29, 1.82) is 0 Å². The van der Waals surface area contributed by atoms with E-state index in [4.69, 9.17) is 17.3 Å². The fraction of sp³-hybridized carbons (Fsp3) is 0.455. The van der Waals surface area contributed by atoms with Crippen LogP contribution in [0.2, 0.25) is 5.02 Å². The van der Waals surface area contributed by atoms with Gasteiger partial charge in [-0.05, 0) is 18.1 Å². The molecular formula is C11H12ClF2NO. The Bertz CT molecular complexity index is 401. The van der Waals surface area contributed by atoms with E-state index in [0.717, 1.165) is 0 Å². The highest BCUT2D eigenvalue weighted by atomic mass is 35.5. The lowest BCUT2D eigenvalue weighted by atomic mass is 9.86. The third-order valence-electron chi connectivity index (χ3n) is 3.07. The molecule has 0 radical (unpaired) electrons. The summed E-state index contributed by atoms with van der Waals surface area (Å²) in [6.45, 7) is 0. The Hall–Kier alpha value is -0.710. The average molecular weight is 248 g/mol. The Morgan fingerprint density at radius 2 is 2.00 bits per heavy atom. The molecule has 1 saturated carbocycles. The van der Waals surface area contributed by atoms with Gasteiger partial charge >= 0.3 is 0 Å². The zero-order chi connectivity index (χ0) is 11.9. The second-order valence-electron chi connectivity index (χ2n) is 4.12. The maximum Gasteiger partial charge on any atom is 0.260 e. The molecule has 3 atom stereocenters. The van der Waals surface area contributed by atoms with Gasteiger partial charge in [0.15, 0.2) is 0 Å². The molecule has 0 spiro atoms. The second-order valence-corrected chi connectivity index (χ2v) is 4.53. The van der Waals surface area contributed by atoms with Crippen molar-refractivity contribution in [3.63, 3.8) is 0 Å². The van der Waals surface area contributed by atoms with Gasteiger partial charge < -0.3 is 10.8 Å². The first-order valence-electron chi connectivity index (χ1n) is 4.98. The maximum absolute atomic E-state index is 13.1. The number of benzene rings is 1. The van der Waals surface area contributed by atoms with E-state index in [1.165, 1.54) is 12.1 Å². The summed E-state index contributed by atoms with van der Waals surface area (Å²) in [5.74, 6) is -0.618. The van der Waals surface area contributed by atoms with Gasteiger partial charge in [-0.15, -0.1) is 0 Å². The first kappa shape index (κ1) is 11.8. The van der Waals surface area contributed by atoms with Gasteiger partial charge in [-0.25, -0.2) is 8.78 Å². The predicted octanol–water partition coefficient (Wildman–Crippen LogP) is 2.14. The number of halogens is 3. The van der Waals surface area contributed by atoms with Crippen molar-refractivity contribution in [1.82, 2.24) is 0 Å². The van der Waals surface area contributed by atoms with Gasteiger partial charge in [0.25, 0.3) is 6.43 Å². The summed E-state index contributed by atoms with van der Waals surface area (Å²) in [6, 6.07) is 6.27. The zero-order valence-corrected chi connectivity index (χ0v) is 9.16. The van der Waals surface area contributed by atoms with Gasteiger partial charge in [0.05, 0.1) is 6.10 Å². The summed E-state index contributed by atoms with van der Waals surface area (Å²) in [7, 11) is 0. The molecule has 1 aliphatic carbocycles. The Balaban J connectivity index is 2.44. The van der Waals surface area contributed by atoms with Crippen LogP contribution >= 0.6 is 11.6 Å². The largest absolute Gasteiger partial charge is 0.393 e. The fourth-order valence-electron chi connectivity index (χ4n) is 1.99. The van der Waals surface area contributed by atoms with Crippen molar-refractivity contribution in [3.8, 4) is 0 Å². The summed E-state index contributed by atoms with van der Waals surface area (Å²) >= 11 is 5.88. The molecule has 1 aliphatic rings. The Morgan fingerprint density at radius 1 is 1.44 bits per heavy atom. The van der Waals surface area contributed by atoms with Gasteiger partial charge in [0, 0.05) is 10.9 Å². The Morgan fingerprint density at radius 3 is 2.44 bits per heavy atom. The number of hydrogen-bond acceptors (Lipinski definition) is 2. The van der Waals surface area contributed by atoms with E-state index in [2.05, 4.69) is 0 Å². The molecule has 2 nitrogen and oxygen atoms in total. The molecule has 1 aromatic rings. The van der Waals surface area contributed by atoms with E-state index in [1.807, 2.05) is 0 Å². The number of aliphatic hydroxyl groups excluding tert-OH is 1. The van der Waals surface area contributed by atoms with Gasteiger partial charge in [-0.1, -0.05) is 29.8 Å². The lowest BCUT2D eigenvalue weighted by Gasteiger charge is -2.30. The van der Waals surface area contributed by atoms with Crippen molar-refractivity contribution in [2.75, 3.05) is 0 Å². The van der Waals surface area contributed by atoms with Gasteiger partial charge in [-0.2, -0.15) is 0 Å². The van der Waals surface area contributed by atoms with E-state index in [-0.39, 0.29) is 10.6 Å². The lowest BCUT2D eigenvalue weighted by molar-refractivity contribution is 0.0283. The van der Waals surface area contributed by atoms with Crippen molar-refractivity contribution in [2.45, 2.75) is 24.5 Å². The van der Waals surface area contributed by atoms with E-state index in [9.17, 15) is 13.9 Å². The van der Waals surface area contributed by atoms with Gasteiger partial charge in [0.1, 0.15) is 5.54 Å². The van der Waals surface area contributed by atoms with Crippen LogP contribution in [0.5, 0.6) is 0 Å². The normalized spacial score (nSPS) is 27.9. The monoisotopic (exact) mass is 247 g/mol. The van der Waals surface area contributed by atoms with Crippen molar-refractivity contribution in [2.24, 2.45) is 11.7 Å². The minimum absolute atomic E-state index is 0.202. The van der Waals surface area contributed by atoms with Crippen LogP contribution in [0, 0.1) is 5.92 Å². The third-order valence-corrected chi connectivity index (χ3v) is 3.40. The molecule has 1 fully saturated rings. The van der Waals surface area contributed by atoms with Crippen molar-refractivity contribution in [3.05, 3.63) is 34.9 Å². The predicted molar refractivity (Wildman–Crippen MR) is 57.4 cm³/mol. The average Bonchev–Trinajstić information content (AvgIpc) is 2.95. The minimum Gasteiger partial charge on any atom is -0.393 e. The first-order chi connectivity index (χ1) is 7.48. The van der Waals surface area contributed by atoms with Crippen molar-refractivity contribution >= 4 is 11.6 Å². The van der Waals surface area contributed by atoms with Crippen LogP contribution in [-0.2, 0) is 5.54 Å². The van der Waals surface area contributed by atoms with Gasteiger partial charge in [0.2, 0.25) is 0 Å². The molecule has 0 saturated heterocycles. The zero-order valence-electron chi connectivity index (χ0n) is 8.41. The SMILES string of the molecule is N[C@](c1ccccc1Cl)(C(F)F)[C@H]1C[C@H]1O. The van der Waals surface area contributed by atoms with E-state index >= 15 is 0 Å². The molecule has 88 valence electrons. The number of hydrogen-bond donors (Lipinski definition) is 2.